The molecule has 1 saturated carbocycles. The van der Waals surface area contributed by atoms with Gasteiger partial charge in [0.15, 0.2) is 0 Å². The molecule has 0 aliphatic heterocycles. The Morgan fingerprint density at radius 3 is 2.21 bits per heavy atom. The van der Waals surface area contributed by atoms with Gasteiger partial charge in [-0.3, -0.25) is 4.79 Å². The van der Waals surface area contributed by atoms with E-state index >= 15 is 0 Å². The highest BCUT2D eigenvalue weighted by atomic mass is 16.5. The van der Waals surface area contributed by atoms with Crippen molar-refractivity contribution in [2.45, 2.75) is 50.1 Å². The first-order valence-corrected chi connectivity index (χ1v) is 11.5. The Labute approximate surface area is 197 Å². The van der Waals surface area contributed by atoms with Gasteiger partial charge in [-0.15, -0.1) is 0 Å². The second-order valence-electron chi connectivity index (χ2n) is 8.73. The van der Waals surface area contributed by atoms with Gasteiger partial charge in [0.1, 0.15) is 18.7 Å². The molecule has 0 radical (unpaired) electrons. The maximum absolute atomic E-state index is 12.8. The second-order valence-corrected chi connectivity index (χ2v) is 8.73. The molecule has 2 amide bonds. The van der Waals surface area contributed by atoms with Crippen LogP contribution in [0, 0.1) is 17.2 Å². The molecule has 0 heterocycles. The highest BCUT2D eigenvalue weighted by Crippen LogP contribution is 2.44. The summed E-state index contributed by atoms with van der Waals surface area (Å²) in [6.45, 7) is 0.103. The van der Waals surface area contributed by atoms with E-state index < -0.39 is 30.1 Å². The number of unbranched alkanes of at least 4 members (excludes halogenated alkanes) is 1. The fraction of sp³-hybridized carbons (Fsp3) is 0.385. The molecule has 8 nitrogen and oxygen atoms in total. The van der Waals surface area contributed by atoms with Gasteiger partial charge in [-0.1, -0.05) is 48.5 Å². The molecule has 2 aromatic rings. The molecule has 2 atom stereocenters. The highest BCUT2D eigenvalue weighted by molar-refractivity contribution is 5.89. The number of fused-ring (bicyclic) bond motifs is 3. The molecule has 1 fully saturated rings. The van der Waals surface area contributed by atoms with E-state index in [2.05, 4.69) is 10.6 Å². The van der Waals surface area contributed by atoms with Crippen LogP contribution in [0.2, 0.25) is 0 Å². The average Bonchev–Trinajstić information content (AvgIpc) is 3.62. The number of ether oxygens (including phenoxy) is 1. The van der Waals surface area contributed by atoms with E-state index in [0.717, 1.165) is 35.1 Å². The van der Waals surface area contributed by atoms with Crippen LogP contribution >= 0.6 is 0 Å². The van der Waals surface area contributed by atoms with Crippen LogP contribution in [0.15, 0.2) is 48.5 Å². The number of hydrogen-bond acceptors (Lipinski definition) is 5. The van der Waals surface area contributed by atoms with E-state index in [1.807, 2.05) is 54.6 Å². The first kappa shape index (κ1) is 23.3. The number of carbonyl (C=O) groups excluding carboxylic acids is 2. The Morgan fingerprint density at radius 1 is 1.03 bits per heavy atom. The number of carbonyl (C=O) groups is 3. The van der Waals surface area contributed by atoms with Gasteiger partial charge in [-0.2, -0.15) is 5.26 Å². The van der Waals surface area contributed by atoms with Crippen LogP contribution in [0.1, 0.15) is 49.1 Å². The van der Waals surface area contributed by atoms with Gasteiger partial charge in [0.2, 0.25) is 5.91 Å². The van der Waals surface area contributed by atoms with Crippen molar-refractivity contribution in [3.05, 3.63) is 59.7 Å². The summed E-state index contributed by atoms with van der Waals surface area (Å²) in [5.74, 6) is -1.87. The fourth-order valence-electron chi connectivity index (χ4n) is 4.50. The van der Waals surface area contributed by atoms with Gasteiger partial charge in [0.25, 0.3) is 0 Å². The summed E-state index contributed by atoms with van der Waals surface area (Å²) in [4.78, 5) is 36.9. The van der Waals surface area contributed by atoms with Gasteiger partial charge < -0.3 is 20.5 Å². The Hall–Kier alpha value is -3.86. The molecule has 176 valence electrons. The molecule has 2 aliphatic carbocycles. The third-order valence-corrected chi connectivity index (χ3v) is 6.39. The van der Waals surface area contributed by atoms with Crippen molar-refractivity contribution in [3.8, 4) is 17.2 Å². The number of rotatable bonds is 10. The van der Waals surface area contributed by atoms with Crippen molar-refractivity contribution in [1.29, 1.82) is 5.26 Å². The summed E-state index contributed by atoms with van der Waals surface area (Å²) in [7, 11) is 0. The van der Waals surface area contributed by atoms with E-state index in [1.54, 1.807) is 0 Å². The van der Waals surface area contributed by atoms with Crippen LogP contribution in [0.25, 0.3) is 11.1 Å². The van der Waals surface area contributed by atoms with Crippen LogP contribution in [0.3, 0.4) is 0 Å². The summed E-state index contributed by atoms with van der Waals surface area (Å²) in [5.41, 5.74) is 4.38. The molecule has 2 aliphatic rings. The van der Waals surface area contributed by atoms with E-state index in [0.29, 0.717) is 6.42 Å². The van der Waals surface area contributed by atoms with Crippen molar-refractivity contribution >= 4 is 18.0 Å². The number of benzene rings is 2. The lowest BCUT2D eigenvalue weighted by Crippen LogP contribution is -2.52. The van der Waals surface area contributed by atoms with Crippen LogP contribution in [0.4, 0.5) is 4.79 Å². The Kier molecular flexibility index (Phi) is 7.12. The minimum Gasteiger partial charge on any atom is -0.480 e. The maximum atomic E-state index is 12.8. The molecule has 8 heteroatoms. The molecular formula is C26H27N3O5. The number of aliphatic carboxylic acids is 1. The lowest BCUT2D eigenvalue weighted by atomic mass is 9.98. The van der Waals surface area contributed by atoms with Crippen molar-refractivity contribution < 1.29 is 24.2 Å². The van der Waals surface area contributed by atoms with Crippen LogP contribution in [-0.2, 0) is 14.3 Å². The number of nitriles is 1. The molecular weight excluding hydrogens is 434 g/mol. The zero-order valence-electron chi connectivity index (χ0n) is 18.7. The molecule has 0 bridgehead atoms. The number of amides is 2. The Bertz CT molecular complexity index is 1080. The normalized spacial score (nSPS) is 15.9. The van der Waals surface area contributed by atoms with Crippen LogP contribution < -0.4 is 10.6 Å². The zero-order valence-corrected chi connectivity index (χ0v) is 18.7. The number of carboxylic acid groups (broad SMARTS) is 1. The molecule has 0 spiro atoms. The molecule has 2 unspecified atom stereocenters. The Balaban J connectivity index is 1.40. The van der Waals surface area contributed by atoms with E-state index in [9.17, 15) is 19.5 Å². The van der Waals surface area contributed by atoms with E-state index in [4.69, 9.17) is 10.00 Å². The third kappa shape index (κ3) is 5.20. The maximum Gasteiger partial charge on any atom is 0.407 e. The predicted octanol–water partition coefficient (Wildman–Crippen LogP) is 3.57. The lowest BCUT2D eigenvalue weighted by Gasteiger charge is -2.21. The van der Waals surface area contributed by atoms with E-state index in [1.165, 1.54) is 0 Å². The molecule has 0 aromatic heterocycles. The second kappa shape index (κ2) is 10.4. The summed E-state index contributed by atoms with van der Waals surface area (Å²) < 4.78 is 5.53. The number of nitrogens with zero attached hydrogens (tertiary/aromatic N) is 1. The van der Waals surface area contributed by atoms with Gasteiger partial charge in [-0.25, -0.2) is 9.59 Å². The largest absolute Gasteiger partial charge is 0.480 e. The topological polar surface area (TPSA) is 129 Å². The predicted molar refractivity (Wildman–Crippen MR) is 124 cm³/mol. The number of alkyl carbamates (subject to hydrolysis) is 1. The van der Waals surface area contributed by atoms with Gasteiger partial charge in [-0.05, 0) is 53.9 Å². The van der Waals surface area contributed by atoms with Crippen molar-refractivity contribution in [3.63, 3.8) is 0 Å². The SMILES string of the molecule is N#CCCCC(NC(=O)OCC1c2ccccc2-c2ccccc21)C(=O)NC(C(=O)O)C1CC1. The fourth-order valence-corrected chi connectivity index (χ4v) is 4.50. The molecule has 4 rings (SSSR count). The monoisotopic (exact) mass is 461 g/mol. The minimum atomic E-state index is -1.09. The van der Waals surface area contributed by atoms with E-state index in [-0.39, 0.29) is 31.3 Å². The first-order chi connectivity index (χ1) is 16.5. The van der Waals surface area contributed by atoms with Crippen LogP contribution in [0.5, 0.6) is 0 Å². The summed E-state index contributed by atoms with van der Waals surface area (Å²) in [6.07, 6.45) is 1.56. The lowest BCUT2D eigenvalue weighted by molar-refractivity contribution is -0.142. The van der Waals surface area contributed by atoms with Gasteiger partial charge in [0, 0.05) is 12.3 Å². The smallest absolute Gasteiger partial charge is 0.407 e. The molecule has 3 N–H and O–H groups in total. The molecule has 2 aromatic carbocycles. The van der Waals surface area contributed by atoms with Crippen molar-refractivity contribution in [1.82, 2.24) is 10.6 Å². The summed E-state index contributed by atoms with van der Waals surface area (Å²) in [5, 5.41) is 23.3. The minimum absolute atomic E-state index is 0.0873. The number of hydrogen-bond donors (Lipinski definition) is 3. The van der Waals surface area contributed by atoms with Crippen LogP contribution in [-0.4, -0.2) is 41.8 Å². The molecule has 0 saturated heterocycles. The summed E-state index contributed by atoms with van der Waals surface area (Å²) in [6, 6.07) is 16.0. The number of carboxylic acids is 1. The number of nitrogens with one attached hydrogen (secondary N) is 2. The zero-order chi connectivity index (χ0) is 24.1. The van der Waals surface area contributed by atoms with Gasteiger partial charge >= 0.3 is 12.1 Å². The Morgan fingerprint density at radius 2 is 1.65 bits per heavy atom. The third-order valence-electron chi connectivity index (χ3n) is 6.39. The average molecular weight is 462 g/mol. The standard InChI is InChI=1S/C26H27N3O5/c27-14-6-5-11-22(24(30)29-23(25(31)32)16-12-13-16)28-26(33)34-15-21-19-9-3-1-7-17(19)18-8-2-4-10-20(18)21/h1-4,7-10,16,21-23H,5-6,11-13,15H2,(H,28,33)(H,29,30)(H,31,32). The quantitative estimate of drug-likeness (QED) is 0.464. The first-order valence-electron chi connectivity index (χ1n) is 11.5. The highest BCUT2D eigenvalue weighted by Gasteiger charge is 2.38. The summed E-state index contributed by atoms with van der Waals surface area (Å²) >= 11 is 0. The van der Waals surface area contributed by atoms with Crippen molar-refractivity contribution in [2.24, 2.45) is 5.92 Å². The van der Waals surface area contributed by atoms with Gasteiger partial charge in [0.05, 0.1) is 6.07 Å². The molecule has 34 heavy (non-hydrogen) atoms. The van der Waals surface area contributed by atoms with Crippen molar-refractivity contribution in [2.75, 3.05) is 6.61 Å².